The summed E-state index contributed by atoms with van der Waals surface area (Å²) in [6, 6.07) is 0.335. The van der Waals surface area contributed by atoms with E-state index in [0.29, 0.717) is 17.4 Å². The van der Waals surface area contributed by atoms with E-state index < -0.39 is 0 Å². The highest BCUT2D eigenvalue weighted by molar-refractivity contribution is 5.09. The molecule has 0 amide bonds. The summed E-state index contributed by atoms with van der Waals surface area (Å²) in [6.45, 7) is 14.1. The number of nitrogens with zero attached hydrogens (tertiary/aromatic N) is 1. The van der Waals surface area contributed by atoms with Gasteiger partial charge < -0.3 is 4.85 Å². The molecule has 3 aliphatic carbocycles. The topological polar surface area (TPSA) is 4.36 Å². The smallest absolute Gasteiger partial charge is 0.226 e. The average molecular weight is 163 g/mol. The molecule has 4 atom stereocenters. The van der Waals surface area contributed by atoms with Gasteiger partial charge in [0.25, 0.3) is 0 Å². The molecule has 0 spiro atoms. The Kier molecular flexibility index (Phi) is 1.52. The van der Waals surface area contributed by atoms with Gasteiger partial charge in [-0.2, -0.15) is 0 Å². The monoisotopic (exact) mass is 163 g/mol. The Morgan fingerprint density at radius 1 is 1.33 bits per heavy atom. The van der Waals surface area contributed by atoms with E-state index in [-0.39, 0.29) is 0 Å². The van der Waals surface area contributed by atoms with Crippen molar-refractivity contribution < 1.29 is 0 Å². The molecule has 1 heteroatoms. The number of hydrogen-bond acceptors (Lipinski definition) is 0. The molecule has 1 nitrogen and oxygen atoms in total. The first-order chi connectivity index (χ1) is 5.57. The van der Waals surface area contributed by atoms with E-state index in [4.69, 9.17) is 6.57 Å². The second-order valence-corrected chi connectivity index (χ2v) is 5.15. The normalized spacial score (nSPS) is 49.2. The summed E-state index contributed by atoms with van der Waals surface area (Å²) in [5, 5.41) is 0. The van der Waals surface area contributed by atoms with E-state index in [0.717, 1.165) is 18.3 Å². The molecule has 0 aromatic heterocycles. The van der Waals surface area contributed by atoms with Gasteiger partial charge in [-0.3, -0.25) is 0 Å². The number of fused-ring (bicyclic) bond motifs is 2. The molecule has 3 rings (SSSR count). The van der Waals surface area contributed by atoms with Crippen LogP contribution < -0.4 is 0 Å². The van der Waals surface area contributed by atoms with Crippen LogP contribution in [0.2, 0.25) is 0 Å². The first-order valence-corrected chi connectivity index (χ1v) is 4.94. The van der Waals surface area contributed by atoms with Crippen LogP contribution in [0, 0.1) is 29.7 Å². The first kappa shape index (κ1) is 8.10. The third-order valence-electron chi connectivity index (χ3n) is 4.48. The van der Waals surface area contributed by atoms with Crippen LogP contribution >= 0.6 is 0 Å². The minimum atomic E-state index is 0.335. The van der Waals surface area contributed by atoms with Crippen LogP contribution in [0.25, 0.3) is 4.85 Å². The molecule has 66 valence electrons. The van der Waals surface area contributed by atoms with E-state index in [2.05, 4.69) is 25.6 Å². The minimum Gasteiger partial charge on any atom is -0.313 e. The standard InChI is InChI=1S/C11H17N/c1-7-9-5-8(11(9,2)3)6-10(7)12-4/h7-10H,5-6H2,1-3H3/t7-,8+,9-,10-/m1/s1. The molecule has 3 aliphatic rings. The van der Waals surface area contributed by atoms with Crippen molar-refractivity contribution in [3.05, 3.63) is 11.4 Å². The molecule has 12 heavy (non-hydrogen) atoms. The fourth-order valence-electron chi connectivity index (χ4n) is 3.29. The lowest BCUT2D eigenvalue weighted by atomic mass is 9.45. The van der Waals surface area contributed by atoms with Crippen molar-refractivity contribution in [3.63, 3.8) is 0 Å². The average Bonchev–Trinajstić information content (AvgIpc) is 2.03. The van der Waals surface area contributed by atoms with Gasteiger partial charge in [-0.25, -0.2) is 6.57 Å². The first-order valence-electron chi connectivity index (χ1n) is 4.94. The summed E-state index contributed by atoms with van der Waals surface area (Å²) in [7, 11) is 0. The zero-order valence-electron chi connectivity index (χ0n) is 8.17. The number of hydrogen-bond donors (Lipinski definition) is 0. The van der Waals surface area contributed by atoms with Gasteiger partial charge in [-0.15, -0.1) is 0 Å². The van der Waals surface area contributed by atoms with E-state index in [9.17, 15) is 0 Å². The van der Waals surface area contributed by atoms with Crippen molar-refractivity contribution in [2.75, 3.05) is 0 Å². The van der Waals surface area contributed by atoms with Crippen LogP contribution in [0.4, 0.5) is 0 Å². The lowest BCUT2D eigenvalue weighted by Crippen LogP contribution is -2.55. The third kappa shape index (κ3) is 0.787. The van der Waals surface area contributed by atoms with E-state index in [1.54, 1.807) is 0 Å². The zero-order chi connectivity index (χ0) is 8.93. The van der Waals surface area contributed by atoms with Crippen LogP contribution in [-0.4, -0.2) is 6.04 Å². The lowest BCUT2D eigenvalue weighted by molar-refractivity contribution is -0.102. The van der Waals surface area contributed by atoms with Crippen LogP contribution in [0.5, 0.6) is 0 Å². The summed E-state index contributed by atoms with van der Waals surface area (Å²) in [4.78, 5) is 3.72. The zero-order valence-corrected chi connectivity index (χ0v) is 8.17. The van der Waals surface area contributed by atoms with Crippen LogP contribution in [0.3, 0.4) is 0 Å². The summed E-state index contributed by atoms with van der Waals surface area (Å²) in [5.41, 5.74) is 0.542. The van der Waals surface area contributed by atoms with Crippen LogP contribution in [0.15, 0.2) is 0 Å². The van der Waals surface area contributed by atoms with Gasteiger partial charge in [-0.1, -0.05) is 20.8 Å². The summed E-state index contributed by atoms with van der Waals surface area (Å²) < 4.78 is 0. The molecule has 0 radical (unpaired) electrons. The summed E-state index contributed by atoms with van der Waals surface area (Å²) in [6.07, 6.45) is 2.55. The molecular formula is C11H17N. The molecule has 0 aromatic carbocycles. The largest absolute Gasteiger partial charge is 0.313 e. The Morgan fingerprint density at radius 3 is 2.42 bits per heavy atom. The molecule has 0 aliphatic heterocycles. The SMILES string of the molecule is [C-]#[N+][C@@H]1C[C@@H]2C[C@H]([C@H]1C)C2(C)C. The Balaban J connectivity index is 2.18. The fourth-order valence-corrected chi connectivity index (χ4v) is 3.29. The van der Waals surface area contributed by atoms with Gasteiger partial charge in [0.2, 0.25) is 6.04 Å². The Hall–Kier alpha value is -0.510. The molecular weight excluding hydrogens is 146 g/mol. The predicted molar refractivity (Wildman–Crippen MR) is 49.5 cm³/mol. The van der Waals surface area contributed by atoms with E-state index >= 15 is 0 Å². The van der Waals surface area contributed by atoms with Crippen molar-refractivity contribution in [2.45, 2.75) is 39.7 Å². The number of rotatable bonds is 0. The predicted octanol–water partition coefficient (Wildman–Crippen LogP) is 2.98. The van der Waals surface area contributed by atoms with Crippen molar-refractivity contribution in [1.82, 2.24) is 0 Å². The second-order valence-electron chi connectivity index (χ2n) is 5.15. The maximum atomic E-state index is 7.09. The molecule has 0 aromatic rings. The Bertz CT molecular complexity index is 236. The molecule has 0 saturated heterocycles. The van der Waals surface area contributed by atoms with Gasteiger partial charge in [0.05, 0.1) is 0 Å². The van der Waals surface area contributed by atoms with Crippen molar-refractivity contribution in [2.24, 2.45) is 23.2 Å². The molecule has 2 bridgehead atoms. The van der Waals surface area contributed by atoms with Gasteiger partial charge in [0, 0.05) is 12.3 Å². The Morgan fingerprint density at radius 2 is 2.00 bits per heavy atom. The maximum absolute atomic E-state index is 7.09. The van der Waals surface area contributed by atoms with Crippen molar-refractivity contribution in [1.29, 1.82) is 0 Å². The van der Waals surface area contributed by atoms with Gasteiger partial charge in [0.1, 0.15) is 0 Å². The summed E-state index contributed by atoms with van der Waals surface area (Å²) in [5.74, 6) is 2.32. The third-order valence-corrected chi connectivity index (χ3v) is 4.48. The van der Waals surface area contributed by atoms with Gasteiger partial charge in [0.15, 0.2) is 0 Å². The highest BCUT2D eigenvalue weighted by atomic mass is 14.8. The maximum Gasteiger partial charge on any atom is 0.226 e. The highest BCUT2D eigenvalue weighted by Gasteiger charge is 2.58. The molecule has 0 heterocycles. The molecule has 0 unspecified atom stereocenters. The fraction of sp³-hybridized carbons (Fsp3) is 0.909. The van der Waals surface area contributed by atoms with Gasteiger partial charge >= 0.3 is 0 Å². The molecule has 0 N–H and O–H groups in total. The lowest BCUT2D eigenvalue weighted by Gasteiger charge is -2.59. The van der Waals surface area contributed by atoms with Crippen molar-refractivity contribution in [3.8, 4) is 0 Å². The van der Waals surface area contributed by atoms with Crippen molar-refractivity contribution >= 4 is 0 Å². The quantitative estimate of drug-likeness (QED) is 0.483. The second kappa shape index (κ2) is 2.25. The van der Waals surface area contributed by atoms with Crippen LogP contribution in [0.1, 0.15) is 33.6 Å². The minimum absolute atomic E-state index is 0.335. The highest BCUT2D eigenvalue weighted by Crippen LogP contribution is 2.61. The molecule has 3 saturated carbocycles. The van der Waals surface area contributed by atoms with E-state index in [1.807, 2.05) is 0 Å². The van der Waals surface area contributed by atoms with Crippen LogP contribution in [-0.2, 0) is 0 Å². The Labute approximate surface area is 75.0 Å². The summed E-state index contributed by atoms with van der Waals surface area (Å²) >= 11 is 0. The van der Waals surface area contributed by atoms with Gasteiger partial charge in [-0.05, 0) is 23.7 Å². The molecule has 3 fully saturated rings. The van der Waals surface area contributed by atoms with E-state index in [1.165, 1.54) is 6.42 Å².